The van der Waals surface area contributed by atoms with Crippen LogP contribution in [0.2, 0.25) is 0 Å². The molecule has 7 heteroatoms. The molecule has 1 fully saturated rings. The summed E-state index contributed by atoms with van der Waals surface area (Å²) in [5.74, 6) is -0.439. The van der Waals surface area contributed by atoms with Crippen LogP contribution in [0.25, 0.3) is 11.3 Å². The number of aromatic nitrogens is 2. The van der Waals surface area contributed by atoms with Crippen molar-refractivity contribution in [2.24, 2.45) is 0 Å². The molecule has 1 saturated heterocycles. The predicted octanol–water partition coefficient (Wildman–Crippen LogP) is 4.16. The molecular formula is C18H20F3N3O. The molecule has 0 unspecified atom stereocenters. The van der Waals surface area contributed by atoms with E-state index in [1.807, 2.05) is 6.07 Å². The Kier molecular flexibility index (Phi) is 4.94. The maximum absolute atomic E-state index is 12.8. The minimum Gasteiger partial charge on any atom is -0.507 e. The zero-order chi connectivity index (χ0) is 18.0. The van der Waals surface area contributed by atoms with Gasteiger partial charge in [0, 0.05) is 12.1 Å². The topological polar surface area (TPSA) is 49.2 Å². The first-order valence-corrected chi connectivity index (χ1v) is 8.31. The van der Waals surface area contributed by atoms with Gasteiger partial charge in [0.25, 0.3) is 0 Å². The molecule has 1 aliphatic heterocycles. The average molecular weight is 351 g/mol. The Morgan fingerprint density at radius 1 is 1.08 bits per heavy atom. The number of likely N-dealkylation sites (tertiary alicyclic amines) is 1. The molecule has 2 aromatic rings. The summed E-state index contributed by atoms with van der Waals surface area (Å²) >= 11 is 0. The smallest absolute Gasteiger partial charge is 0.416 e. The van der Waals surface area contributed by atoms with Crippen LogP contribution in [0.3, 0.4) is 0 Å². The van der Waals surface area contributed by atoms with Gasteiger partial charge >= 0.3 is 6.18 Å². The monoisotopic (exact) mass is 351 g/mol. The summed E-state index contributed by atoms with van der Waals surface area (Å²) in [7, 11) is 0. The summed E-state index contributed by atoms with van der Waals surface area (Å²) in [5, 5.41) is 18.3. The van der Waals surface area contributed by atoms with Crippen LogP contribution in [-0.2, 0) is 12.7 Å². The van der Waals surface area contributed by atoms with Gasteiger partial charge in [0.2, 0.25) is 0 Å². The lowest BCUT2D eigenvalue weighted by atomic mass is 10.0. The first-order chi connectivity index (χ1) is 11.8. The fourth-order valence-corrected chi connectivity index (χ4v) is 3.19. The zero-order valence-electron chi connectivity index (χ0n) is 14.0. The third kappa shape index (κ3) is 4.10. The highest BCUT2D eigenvalue weighted by atomic mass is 19.4. The highest BCUT2D eigenvalue weighted by Gasteiger charge is 2.32. The van der Waals surface area contributed by atoms with E-state index in [1.165, 1.54) is 26.2 Å². The highest BCUT2D eigenvalue weighted by Crippen LogP contribution is 2.38. The molecule has 0 aliphatic carbocycles. The summed E-state index contributed by atoms with van der Waals surface area (Å²) in [4.78, 5) is 2.31. The van der Waals surface area contributed by atoms with Gasteiger partial charge < -0.3 is 5.11 Å². The van der Waals surface area contributed by atoms with Crippen molar-refractivity contribution in [3.8, 4) is 17.0 Å². The van der Waals surface area contributed by atoms with Gasteiger partial charge in [0.05, 0.1) is 17.0 Å². The number of rotatable bonds is 3. The van der Waals surface area contributed by atoms with E-state index < -0.39 is 17.5 Å². The summed E-state index contributed by atoms with van der Waals surface area (Å²) in [6.07, 6.45) is -0.868. The Morgan fingerprint density at radius 2 is 1.80 bits per heavy atom. The minimum absolute atomic E-state index is 0.282. The van der Waals surface area contributed by atoms with E-state index in [0.717, 1.165) is 30.9 Å². The maximum Gasteiger partial charge on any atom is 0.416 e. The number of alkyl halides is 3. The second-order valence-electron chi connectivity index (χ2n) is 6.43. The molecule has 1 aromatic heterocycles. The summed E-state index contributed by atoms with van der Waals surface area (Å²) < 4.78 is 38.4. The van der Waals surface area contributed by atoms with Gasteiger partial charge in [0.15, 0.2) is 0 Å². The van der Waals surface area contributed by atoms with Gasteiger partial charge in [-0.3, -0.25) is 4.90 Å². The molecule has 1 aliphatic rings. The first-order valence-electron chi connectivity index (χ1n) is 8.31. The van der Waals surface area contributed by atoms with Crippen LogP contribution in [0.5, 0.6) is 5.75 Å². The van der Waals surface area contributed by atoms with Gasteiger partial charge in [-0.2, -0.15) is 23.4 Å². The number of aryl methyl sites for hydroxylation is 1. The Bertz CT molecular complexity index is 715. The van der Waals surface area contributed by atoms with Gasteiger partial charge in [-0.1, -0.05) is 6.42 Å². The van der Waals surface area contributed by atoms with Crippen LogP contribution >= 0.6 is 0 Å². The maximum atomic E-state index is 12.8. The number of piperidine rings is 1. The Labute approximate surface area is 144 Å². The van der Waals surface area contributed by atoms with E-state index in [4.69, 9.17) is 0 Å². The number of hydrogen-bond acceptors (Lipinski definition) is 4. The SMILES string of the molecule is Cc1cc(C(F)(F)F)cc(O)c1-c1ccc(CN2CCCCC2)nn1. The second kappa shape index (κ2) is 7.00. The normalized spacial score (nSPS) is 16.2. The number of phenols is 1. The largest absolute Gasteiger partial charge is 0.507 e. The van der Waals surface area contributed by atoms with E-state index >= 15 is 0 Å². The number of phenolic OH excluding ortho intramolecular Hbond substituents is 1. The molecule has 0 saturated carbocycles. The quantitative estimate of drug-likeness (QED) is 0.902. The number of nitrogens with zero attached hydrogens (tertiary/aromatic N) is 3. The molecule has 0 atom stereocenters. The zero-order valence-corrected chi connectivity index (χ0v) is 14.0. The molecule has 0 amide bonds. The number of benzene rings is 1. The third-order valence-corrected chi connectivity index (χ3v) is 4.45. The summed E-state index contributed by atoms with van der Waals surface area (Å²) in [5.41, 5.74) is 0.900. The second-order valence-corrected chi connectivity index (χ2v) is 6.43. The lowest BCUT2D eigenvalue weighted by Gasteiger charge is -2.25. The number of aromatic hydroxyl groups is 1. The molecule has 1 aromatic carbocycles. The van der Waals surface area contributed by atoms with E-state index in [1.54, 1.807) is 6.07 Å². The van der Waals surface area contributed by atoms with E-state index in [2.05, 4.69) is 15.1 Å². The molecule has 0 radical (unpaired) electrons. The molecule has 25 heavy (non-hydrogen) atoms. The van der Waals surface area contributed by atoms with E-state index in [9.17, 15) is 18.3 Å². The van der Waals surface area contributed by atoms with Crippen molar-refractivity contribution in [1.82, 2.24) is 15.1 Å². The van der Waals surface area contributed by atoms with Crippen molar-refractivity contribution >= 4 is 0 Å². The molecule has 1 N–H and O–H groups in total. The van der Waals surface area contributed by atoms with Crippen LogP contribution in [0.1, 0.15) is 36.1 Å². The molecule has 0 spiro atoms. The average Bonchev–Trinajstić information content (AvgIpc) is 2.56. The van der Waals surface area contributed by atoms with E-state index in [0.29, 0.717) is 17.8 Å². The van der Waals surface area contributed by atoms with Crippen LogP contribution in [-0.4, -0.2) is 33.3 Å². The molecule has 2 heterocycles. The van der Waals surface area contributed by atoms with Crippen molar-refractivity contribution in [3.05, 3.63) is 41.1 Å². The van der Waals surface area contributed by atoms with Crippen molar-refractivity contribution in [2.75, 3.05) is 13.1 Å². The number of hydrogen-bond donors (Lipinski definition) is 1. The molecule has 4 nitrogen and oxygen atoms in total. The Balaban J connectivity index is 1.82. The van der Waals surface area contributed by atoms with Gasteiger partial charge in [-0.25, -0.2) is 0 Å². The molecule has 3 rings (SSSR count). The fraction of sp³-hybridized carbons (Fsp3) is 0.444. The lowest BCUT2D eigenvalue weighted by Crippen LogP contribution is -2.29. The van der Waals surface area contributed by atoms with Crippen molar-refractivity contribution in [1.29, 1.82) is 0 Å². The highest BCUT2D eigenvalue weighted by molar-refractivity contribution is 5.71. The van der Waals surface area contributed by atoms with Crippen molar-refractivity contribution < 1.29 is 18.3 Å². The van der Waals surface area contributed by atoms with Crippen molar-refractivity contribution in [2.45, 2.75) is 38.9 Å². The fourth-order valence-electron chi connectivity index (χ4n) is 3.19. The molecular weight excluding hydrogens is 331 g/mol. The minimum atomic E-state index is -4.50. The van der Waals surface area contributed by atoms with Crippen LogP contribution in [0.15, 0.2) is 24.3 Å². The Morgan fingerprint density at radius 3 is 2.36 bits per heavy atom. The van der Waals surface area contributed by atoms with Crippen LogP contribution in [0.4, 0.5) is 13.2 Å². The molecule has 134 valence electrons. The van der Waals surface area contributed by atoms with Gasteiger partial charge in [0.1, 0.15) is 5.75 Å². The van der Waals surface area contributed by atoms with Crippen LogP contribution in [0, 0.1) is 6.92 Å². The summed E-state index contributed by atoms with van der Waals surface area (Å²) in [6.45, 7) is 4.32. The molecule has 0 bridgehead atoms. The standard InChI is InChI=1S/C18H20F3N3O/c1-12-9-13(18(19,20)21)10-16(25)17(12)15-6-5-14(22-23-15)11-24-7-3-2-4-8-24/h5-6,9-10,25H,2-4,7-8,11H2,1H3. The first kappa shape index (κ1) is 17.7. The Hall–Kier alpha value is -2.15. The van der Waals surface area contributed by atoms with Crippen molar-refractivity contribution in [3.63, 3.8) is 0 Å². The third-order valence-electron chi connectivity index (χ3n) is 4.45. The van der Waals surface area contributed by atoms with Crippen LogP contribution < -0.4 is 0 Å². The number of halogens is 3. The lowest BCUT2D eigenvalue weighted by molar-refractivity contribution is -0.137. The summed E-state index contributed by atoms with van der Waals surface area (Å²) in [6, 6.07) is 5.25. The predicted molar refractivity (Wildman–Crippen MR) is 88.0 cm³/mol. The van der Waals surface area contributed by atoms with Gasteiger partial charge in [-0.15, -0.1) is 0 Å². The van der Waals surface area contributed by atoms with E-state index in [-0.39, 0.29) is 5.56 Å². The van der Waals surface area contributed by atoms with Gasteiger partial charge in [-0.05, 0) is 62.7 Å².